The number of hydrogen-bond donors (Lipinski definition) is 1. The maximum absolute atomic E-state index is 11.3. The number of hydrogen-bond acceptors (Lipinski definition) is 4. The van der Waals surface area contributed by atoms with Crippen molar-refractivity contribution in [2.24, 2.45) is 0 Å². The van der Waals surface area contributed by atoms with Gasteiger partial charge in [0.25, 0.3) is 5.91 Å². The molecule has 0 radical (unpaired) electrons. The molecule has 5 heteroatoms. The third-order valence-corrected chi connectivity index (χ3v) is 2.13. The van der Waals surface area contributed by atoms with E-state index in [0.29, 0.717) is 6.61 Å². The maximum Gasteiger partial charge on any atom is 0.254 e. The summed E-state index contributed by atoms with van der Waals surface area (Å²) in [7, 11) is 2.89. The summed E-state index contributed by atoms with van der Waals surface area (Å²) in [4.78, 5) is 20.6. The zero-order chi connectivity index (χ0) is 12.5. The number of ether oxygens (including phenoxy) is 1. The third kappa shape index (κ3) is 4.95. The van der Waals surface area contributed by atoms with Crippen molar-refractivity contribution in [1.29, 1.82) is 0 Å². The number of carbonyl (C=O) groups is 1. The van der Waals surface area contributed by atoms with Crippen LogP contribution in [0.3, 0.4) is 0 Å². The van der Waals surface area contributed by atoms with Gasteiger partial charge in [0.1, 0.15) is 0 Å². The molecular formula is C12H17NO4. The Bertz CT molecular complexity index is 329. The highest BCUT2D eigenvalue weighted by molar-refractivity contribution is 5.80. The maximum atomic E-state index is 11.3. The van der Waals surface area contributed by atoms with Crippen molar-refractivity contribution in [3.05, 3.63) is 35.9 Å². The van der Waals surface area contributed by atoms with Gasteiger partial charge in [-0.3, -0.25) is 4.79 Å². The van der Waals surface area contributed by atoms with E-state index in [4.69, 9.17) is 9.62 Å². The van der Waals surface area contributed by atoms with E-state index in [9.17, 15) is 4.79 Å². The van der Waals surface area contributed by atoms with Crippen LogP contribution in [0.15, 0.2) is 30.3 Å². The lowest BCUT2D eigenvalue weighted by Gasteiger charge is -2.14. The van der Waals surface area contributed by atoms with Gasteiger partial charge < -0.3 is 10.1 Å². The van der Waals surface area contributed by atoms with Crippen LogP contribution in [0, 0.1) is 0 Å². The Morgan fingerprint density at radius 3 is 2.65 bits per heavy atom. The molecule has 1 aromatic rings. The normalized spacial score (nSPS) is 12.1. The van der Waals surface area contributed by atoms with Gasteiger partial charge in [-0.2, -0.15) is 0 Å². The molecule has 0 fully saturated rings. The van der Waals surface area contributed by atoms with E-state index >= 15 is 0 Å². The van der Waals surface area contributed by atoms with E-state index in [-0.39, 0.29) is 12.5 Å². The topological polar surface area (TPSA) is 56.8 Å². The Hall–Kier alpha value is -1.43. The molecule has 0 saturated carbocycles. The van der Waals surface area contributed by atoms with Crippen LogP contribution in [-0.2, 0) is 25.9 Å². The van der Waals surface area contributed by atoms with Crippen molar-refractivity contribution in [2.45, 2.75) is 12.7 Å². The number of amides is 1. The van der Waals surface area contributed by atoms with Crippen LogP contribution >= 0.6 is 0 Å². The van der Waals surface area contributed by atoms with E-state index in [2.05, 4.69) is 10.2 Å². The predicted octanol–water partition coefficient (Wildman–Crippen LogP) is 0.896. The number of nitrogens with one attached hydrogen (secondary N) is 1. The van der Waals surface area contributed by atoms with Crippen molar-refractivity contribution in [2.75, 3.05) is 20.8 Å². The fourth-order valence-electron chi connectivity index (χ4n) is 1.28. The van der Waals surface area contributed by atoms with E-state index in [1.165, 1.54) is 14.2 Å². The third-order valence-electron chi connectivity index (χ3n) is 2.13. The largest absolute Gasteiger partial charge is 0.373 e. The molecule has 0 unspecified atom stereocenters. The zero-order valence-corrected chi connectivity index (χ0v) is 10.0. The molecule has 1 N–H and O–H groups in total. The molecule has 0 aliphatic heterocycles. The lowest BCUT2D eigenvalue weighted by atomic mass is 10.2. The minimum atomic E-state index is -0.756. The van der Waals surface area contributed by atoms with E-state index in [1.807, 2.05) is 30.3 Å². The van der Waals surface area contributed by atoms with Crippen molar-refractivity contribution < 1.29 is 19.3 Å². The molecule has 5 nitrogen and oxygen atoms in total. The molecule has 1 atom stereocenters. The van der Waals surface area contributed by atoms with E-state index < -0.39 is 6.10 Å². The van der Waals surface area contributed by atoms with Gasteiger partial charge in [0.2, 0.25) is 0 Å². The lowest BCUT2D eigenvalue weighted by Crippen LogP contribution is -2.37. The van der Waals surface area contributed by atoms with Gasteiger partial charge in [-0.05, 0) is 5.56 Å². The first-order valence-electron chi connectivity index (χ1n) is 5.30. The SMILES string of the molecule is CNC(=O)[C@H](COCc1ccccc1)OOC. The predicted molar refractivity (Wildman–Crippen MR) is 62.0 cm³/mol. The molecule has 1 aromatic carbocycles. The molecule has 1 rings (SSSR count). The fourth-order valence-corrected chi connectivity index (χ4v) is 1.28. The highest BCUT2D eigenvalue weighted by Gasteiger charge is 2.18. The van der Waals surface area contributed by atoms with Crippen molar-refractivity contribution in [1.82, 2.24) is 5.32 Å². The average molecular weight is 239 g/mol. The van der Waals surface area contributed by atoms with Crippen LogP contribution in [-0.4, -0.2) is 32.8 Å². The van der Waals surface area contributed by atoms with Gasteiger partial charge in [0.15, 0.2) is 6.10 Å². The molecule has 0 spiro atoms. The van der Waals surface area contributed by atoms with Crippen LogP contribution < -0.4 is 5.32 Å². The summed E-state index contributed by atoms with van der Waals surface area (Å²) < 4.78 is 5.39. The summed E-state index contributed by atoms with van der Waals surface area (Å²) >= 11 is 0. The lowest BCUT2D eigenvalue weighted by molar-refractivity contribution is -0.304. The Kier molecular flexibility index (Phi) is 6.24. The molecule has 0 bridgehead atoms. The number of benzene rings is 1. The molecule has 0 aliphatic rings. The number of rotatable bonds is 7. The fraction of sp³-hybridized carbons (Fsp3) is 0.417. The van der Waals surface area contributed by atoms with Gasteiger partial charge in [0, 0.05) is 7.05 Å². The Labute approximate surface area is 101 Å². The number of likely N-dealkylation sites (N-methyl/N-ethyl adjacent to an activating group) is 1. The molecule has 0 heterocycles. The summed E-state index contributed by atoms with van der Waals surface area (Å²) in [5, 5.41) is 2.47. The first-order chi connectivity index (χ1) is 8.27. The second-order valence-electron chi connectivity index (χ2n) is 3.37. The molecule has 1 amide bonds. The van der Waals surface area contributed by atoms with E-state index in [1.54, 1.807) is 0 Å². The molecule has 0 aromatic heterocycles. The van der Waals surface area contributed by atoms with E-state index in [0.717, 1.165) is 5.56 Å². The Morgan fingerprint density at radius 2 is 2.06 bits per heavy atom. The van der Waals surface area contributed by atoms with Crippen LogP contribution in [0.2, 0.25) is 0 Å². The summed E-state index contributed by atoms with van der Waals surface area (Å²) in [6, 6.07) is 9.70. The smallest absolute Gasteiger partial charge is 0.254 e. The van der Waals surface area contributed by atoms with Gasteiger partial charge in [-0.25, -0.2) is 9.78 Å². The average Bonchev–Trinajstić information content (AvgIpc) is 2.38. The van der Waals surface area contributed by atoms with Gasteiger partial charge in [-0.1, -0.05) is 30.3 Å². The standard InChI is InChI=1S/C12H17NO4/c1-13-12(14)11(17-15-2)9-16-8-10-6-4-3-5-7-10/h3-7,11H,8-9H2,1-2H3,(H,13,14)/t11-/m0/s1. The molecule has 0 saturated heterocycles. The highest BCUT2D eigenvalue weighted by Crippen LogP contribution is 2.02. The monoisotopic (exact) mass is 239 g/mol. The van der Waals surface area contributed by atoms with Crippen molar-refractivity contribution >= 4 is 5.91 Å². The van der Waals surface area contributed by atoms with Gasteiger partial charge in [-0.15, -0.1) is 0 Å². The molecular weight excluding hydrogens is 222 g/mol. The Morgan fingerprint density at radius 1 is 1.35 bits per heavy atom. The molecule has 17 heavy (non-hydrogen) atoms. The Balaban J connectivity index is 2.34. The number of carbonyl (C=O) groups excluding carboxylic acids is 1. The summed E-state index contributed by atoms with van der Waals surface area (Å²) in [6.45, 7) is 0.573. The van der Waals surface area contributed by atoms with Crippen LogP contribution in [0.1, 0.15) is 5.56 Å². The second kappa shape index (κ2) is 7.78. The second-order valence-corrected chi connectivity index (χ2v) is 3.37. The quantitative estimate of drug-likeness (QED) is 0.567. The zero-order valence-electron chi connectivity index (χ0n) is 10.0. The minimum Gasteiger partial charge on any atom is -0.373 e. The first kappa shape index (κ1) is 13.6. The van der Waals surface area contributed by atoms with Crippen LogP contribution in [0.4, 0.5) is 0 Å². The van der Waals surface area contributed by atoms with Crippen molar-refractivity contribution in [3.8, 4) is 0 Å². The first-order valence-corrected chi connectivity index (χ1v) is 5.30. The minimum absolute atomic E-state index is 0.141. The summed E-state index contributed by atoms with van der Waals surface area (Å²) in [6.07, 6.45) is -0.756. The van der Waals surface area contributed by atoms with Crippen LogP contribution in [0.5, 0.6) is 0 Å². The summed E-state index contributed by atoms with van der Waals surface area (Å²) in [5.41, 5.74) is 1.04. The van der Waals surface area contributed by atoms with Crippen LogP contribution in [0.25, 0.3) is 0 Å². The van der Waals surface area contributed by atoms with Gasteiger partial charge >= 0.3 is 0 Å². The summed E-state index contributed by atoms with van der Waals surface area (Å²) in [5.74, 6) is -0.278. The van der Waals surface area contributed by atoms with Crippen molar-refractivity contribution in [3.63, 3.8) is 0 Å². The van der Waals surface area contributed by atoms with Gasteiger partial charge in [0.05, 0.1) is 20.3 Å². The highest BCUT2D eigenvalue weighted by atomic mass is 17.2. The molecule has 94 valence electrons. The molecule has 0 aliphatic carbocycles.